The Bertz CT molecular complexity index is 243. The van der Waals surface area contributed by atoms with E-state index in [4.69, 9.17) is 4.74 Å². The molecule has 1 heterocycles. The summed E-state index contributed by atoms with van der Waals surface area (Å²) in [6.45, 7) is 7.99. The van der Waals surface area contributed by atoms with Crippen LogP contribution in [0.1, 0.15) is 65.7 Å². The van der Waals surface area contributed by atoms with Gasteiger partial charge in [0, 0.05) is 12.6 Å². The monoisotopic (exact) mass is 239 g/mol. The van der Waals surface area contributed by atoms with Gasteiger partial charge in [-0.05, 0) is 31.6 Å². The Kier molecular flexibility index (Phi) is 4.48. The Labute approximate surface area is 107 Å². The molecule has 2 rings (SSSR count). The largest absolute Gasteiger partial charge is 0.369 e. The fourth-order valence-electron chi connectivity index (χ4n) is 3.72. The highest BCUT2D eigenvalue weighted by atomic mass is 16.5. The summed E-state index contributed by atoms with van der Waals surface area (Å²) in [6.07, 6.45) is 9.34. The SMILES string of the molecule is CCCC1OC2(CCCC(C)C2)CNC1CC. The number of hydrogen-bond donors (Lipinski definition) is 1. The van der Waals surface area contributed by atoms with Crippen molar-refractivity contribution in [2.24, 2.45) is 5.92 Å². The predicted molar refractivity (Wildman–Crippen MR) is 72.2 cm³/mol. The Hall–Kier alpha value is -0.0800. The van der Waals surface area contributed by atoms with Crippen LogP contribution in [0.4, 0.5) is 0 Å². The molecule has 0 aromatic carbocycles. The Morgan fingerprint density at radius 2 is 2.18 bits per heavy atom. The number of ether oxygens (including phenoxy) is 1. The highest BCUT2D eigenvalue weighted by Crippen LogP contribution is 2.38. The molecule has 0 amide bonds. The Morgan fingerprint density at radius 1 is 1.35 bits per heavy atom. The van der Waals surface area contributed by atoms with E-state index < -0.39 is 0 Å². The number of rotatable bonds is 3. The van der Waals surface area contributed by atoms with Crippen LogP contribution < -0.4 is 5.32 Å². The summed E-state index contributed by atoms with van der Waals surface area (Å²) < 4.78 is 6.57. The van der Waals surface area contributed by atoms with Gasteiger partial charge in [-0.15, -0.1) is 0 Å². The van der Waals surface area contributed by atoms with E-state index in [1.54, 1.807) is 0 Å². The van der Waals surface area contributed by atoms with Crippen molar-refractivity contribution >= 4 is 0 Å². The lowest BCUT2D eigenvalue weighted by atomic mass is 9.77. The molecule has 0 bridgehead atoms. The second-order valence-corrected chi connectivity index (χ2v) is 6.23. The molecule has 1 N–H and O–H groups in total. The van der Waals surface area contributed by atoms with Crippen LogP contribution in [0.15, 0.2) is 0 Å². The molecule has 100 valence electrons. The first-order valence-electron chi connectivity index (χ1n) is 7.60. The van der Waals surface area contributed by atoms with Crippen molar-refractivity contribution in [1.82, 2.24) is 5.32 Å². The van der Waals surface area contributed by atoms with Crippen LogP contribution in [0, 0.1) is 5.92 Å². The molecule has 4 atom stereocenters. The molecule has 2 aliphatic rings. The summed E-state index contributed by atoms with van der Waals surface area (Å²) >= 11 is 0. The summed E-state index contributed by atoms with van der Waals surface area (Å²) in [5.41, 5.74) is 0.170. The molecule has 2 nitrogen and oxygen atoms in total. The van der Waals surface area contributed by atoms with Crippen molar-refractivity contribution in [2.45, 2.75) is 83.5 Å². The van der Waals surface area contributed by atoms with Crippen molar-refractivity contribution < 1.29 is 4.74 Å². The second-order valence-electron chi connectivity index (χ2n) is 6.23. The minimum Gasteiger partial charge on any atom is -0.369 e. The second kappa shape index (κ2) is 5.71. The van der Waals surface area contributed by atoms with Crippen LogP contribution in [-0.4, -0.2) is 24.3 Å². The zero-order chi connectivity index (χ0) is 12.3. The van der Waals surface area contributed by atoms with E-state index in [0.29, 0.717) is 12.1 Å². The molecular formula is C15H29NO. The average molecular weight is 239 g/mol. The van der Waals surface area contributed by atoms with E-state index in [2.05, 4.69) is 26.1 Å². The van der Waals surface area contributed by atoms with Crippen molar-refractivity contribution in [3.8, 4) is 0 Å². The predicted octanol–water partition coefficient (Wildman–Crippen LogP) is 3.50. The first-order chi connectivity index (χ1) is 8.19. The molecule has 2 fully saturated rings. The van der Waals surface area contributed by atoms with Gasteiger partial charge in [-0.3, -0.25) is 0 Å². The smallest absolute Gasteiger partial charge is 0.0813 e. The highest BCUT2D eigenvalue weighted by Gasteiger charge is 2.42. The van der Waals surface area contributed by atoms with Gasteiger partial charge in [-0.2, -0.15) is 0 Å². The molecule has 1 aliphatic carbocycles. The molecule has 1 spiro atoms. The number of morpholine rings is 1. The molecule has 0 aromatic rings. The minimum absolute atomic E-state index is 0.170. The van der Waals surface area contributed by atoms with Gasteiger partial charge in [-0.25, -0.2) is 0 Å². The first kappa shape index (κ1) is 13.4. The van der Waals surface area contributed by atoms with E-state index in [0.717, 1.165) is 12.5 Å². The third kappa shape index (κ3) is 3.03. The summed E-state index contributed by atoms with van der Waals surface area (Å²) in [4.78, 5) is 0. The van der Waals surface area contributed by atoms with Gasteiger partial charge < -0.3 is 10.1 Å². The van der Waals surface area contributed by atoms with Crippen LogP contribution in [0.2, 0.25) is 0 Å². The zero-order valence-electron chi connectivity index (χ0n) is 11.8. The van der Waals surface area contributed by atoms with Gasteiger partial charge in [0.2, 0.25) is 0 Å². The third-order valence-electron chi connectivity index (χ3n) is 4.60. The maximum Gasteiger partial charge on any atom is 0.0813 e. The van der Waals surface area contributed by atoms with E-state index in [1.807, 2.05) is 0 Å². The molecular weight excluding hydrogens is 210 g/mol. The molecule has 4 unspecified atom stereocenters. The maximum absolute atomic E-state index is 6.57. The van der Waals surface area contributed by atoms with Gasteiger partial charge >= 0.3 is 0 Å². The van der Waals surface area contributed by atoms with Crippen molar-refractivity contribution in [3.05, 3.63) is 0 Å². The van der Waals surface area contributed by atoms with Crippen molar-refractivity contribution in [2.75, 3.05) is 6.54 Å². The van der Waals surface area contributed by atoms with Crippen molar-refractivity contribution in [3.63, 3.8) is 0 Å². The van der Waals surface area contributed by atoms with Crippen LogP contribution in [0.3, 0.4) is 0 Å². The standard InChI is InChI=1S/C15H29NO/c1-4-7-14-13(5-2)16-11-15(17-14)9-6-8-12(3)10-15/h12-14,16H,4-11H2,1-3H3. The third-order valence-corrected chi connectivity index (χ3v) is 4.60. The maximum atomic E-state index is 6.57. The lowest BCUT2D eigenvalue weighted by Crippen LogP contribution is -2.60. The minimum atomic E-state index is 0.170. The summed E-state index contributed by atoms with van der Waals surface area (Å²) in [7, 11) is 0. The average Bonchev–Trinajstić information content (AvgIpc) is 2.30. The fraction of sp³-hybridized carbons (Fsp3) is 1.00. The first-order valence-corrected chi connectivity index (χ1v) is 7.60. The molecule has 0 radical (unpaired) electrons. The molecule has 17 heavy (non-hydrogen) atoms. The molecule has 0 aromatic heterocycles. The van der Waals surface area contributed by atoms with Crippen LogP contribution in [-0.2, 0) is 4.74 Å². The normalized spacial score (nSPS) is 42.9. The van der Waals surface area contributed by atoms with E-state index in [1.165, 1.54) is 44.9 Å². The molecule has 1 saturated heterocycles. The lowest BCUT2D eigenvalue weighted by molar-refractivity contribution is -0.160. The van der Waals surface area contributed by atoms with Crippen LogP contribution in [0.25, 0.3) is 0 Å². The fourth-order valence-corrected chi connectivity index (χ4v) is 3.72. The quantitative estimate of drug-likeness (QED) is 0.814. The number of hydrogen-bond acceptors (Lipinski definition) is 2. The lowest BCUT2D eigenvalue weighted by Gasteiger charge is -2.49. The Balaban J connectivity index is 2.01. The van der Waals surface area contributed by atoms with Crippen molar-refractivity contribution in [1.29, 1.82) is 0 Å². The van der Waals surface area contributed by atoms with E-state index >= 15 is 0 Å². The Morgan fingerprint density at radius 3 is 2.82 bits per heavy atom. The van der Waals surface area contributed by atoms with Gasteiger partial charge in [0.05, 0.1) is 11.7 Å². The topological polar surface area (TPSA) is 21.3 Å². The van der Waals surface area contributed by atoms with E-state index in [9.17, 15) is 0 Å². The summed E-state index contributed by atoms with van der Waals surface area (Å²) in [5.74, 6) is 0.839. The molecule has 1 aliphatic heterocycles. The molecule has 2 heteroatoms. The zero-order valence-corrected chi connectivity index (χ0v) is 11.8. The molecule has 1 saturated carbocycles. The number of nitrogens with one attached hydrogen (secondary N) is 1. The van der Waals surface area contributed by atoms with Gasteiger partial charge in [0.1, 0.15) is 0 Å². The van der Waals surface area contributed by atoms with Gasteiger partial charge in [-0.1, -0.05) is 40.0 Å². The van der Waals surface area contributed by atoms with E-state index in [-0.39, 0.29) is 5.60 Å². The van der Waals surface area contributed by atoms with Crippen LogP contribution >= 0.6 is 0 Å². The summed E-state index contributed by atoms with van der Waals surface area (Å²) in [5, 5.41) is 3.76. The van der Waals surface area contributed by atoms with Gasteiger partial charge in [0.25, 0.3) is 0 Å². The highest BCUT2D eigenvalue weighted by molar-refractivity contribution is 4.96. The van der Waals surface area contributed by atoms with Crippen LogP contribution in [0.5, 0.6) is 0 Å². The van der Waals surface area contributed by atoms with Gasteiger partial charge in [0.15, 0.2) is 0 Å². The summed E-state index contributed by atoms with van der Waals surface area (Å²) in [6, 6.07) is 0.581.